The lowest BCUT2D eigenvalue weighted by molar-refractivity contribution is -0.137. The molecule has 0 spiro atoms. The number of amides is 2. The number of methoxy groups -OCH3 is 1. The van der Waals surface area contributed by atoms with Gasteiger partial charge in [-0.2, -0.15) is 0 Å². The zero-order chi connectivity index (χ0) is 22.7. The molecule has 0 aromatic heterocycles. The van der Waals surface area contributed by atoms with Crippen LogP contribution in [0.15, 0.2) is 84.6 Å². The van der Waals surface area contributed by atoms with Gasteiger partial charge in [0.15, 0.2) is 0 Å². The molecule has 0 fully saturated rings. The van der Waals surface area contributed by atoms with E-state index in [-0.39, 0.29) is 18.4 Å². The van der Waals surface area contributed by atoms with E-state index in [9.17, 15) is 9.59 Å². The molecule has 4 rings (SSSR count). The Morgan fingerprint density at radius 1 is 0.844 bits per heavy atom. The summed E-state index contributed by atoms with van der Waals surface area (Å²) in [6.45, 7) is 4.77. The number of ether oxygens (including phenoxy) is 1. The van der Waals surface area contributed by atoms with Gasteiger partial charge < -0.3 is 9.64 Å². The van der Waals surface area contributed by atoms with Crippen molar-refractivity contribution >= 4 is 23.1 Å². The number of likely N-dealkylation sites (N-methyl/N-ethyl adjacent to an activating group) is 1. The number of imide groups is 1. The maximum absolute atomic E-state index is 13.6. The molecule has 5 heteroatoms. The van der Waals surface area contributed by atoms with E-state index in [1.807, 2.05) is 85.5 Å². The molecule has 2 amide bonds. The van der Waals surface area contributed by atoms with E-state index in [1.165, 1.54) is 4.90 Å². The monoisotopic (exact) mass is 426 g/mol. The molecule has 0 bridgehead atoms. The highest BCUT2D eigenvalue weighted by Gasteiger charge is 2.41. The normalized spacial score (nSPS) is 13.7. The third-order valence-electron chi connectivity index (χ3n) is 5.64. The van der Waals surface area contributed by atoms with Crippen LogP contribution < -0.4 is 9.64 Å². The van der Waals surface area contributed by atoms with Gasteiger partial charge in [-0.15, -0.1) is 0 Å². The highest BCUT2D eigenvalue weighted by atomic mass is 16.5. The first-order valence-corrected chi connectivity index (χ1v) is 10.7. The van der Waals surface area contributed by atoms with Gasteiger partial charge in [-0.25, -0.2) is 0 Å². The first kappa shape index (κ1) is 21.4. The number of hydrogen-bond donors (Lipinski definition) is 0. The highest BCUT2D eigenvalue weighted by Crippen LogP contribution is 2.35. The van der Waals surface area contributed by atoms with Crippen LogP contribution >= 0.6 is 0 Å². The molecule has 1 heterocycles. The minimum atomic E-state index is -0.287. The molecule has 5 nitrogen and oxygen atoms in total. The van der Waals surface area contributed by atoms with Crippen molar-refractivity contribution in [2.24, 2.45) is 0 Å². The lowest BCUT2D eigenvalue weighted by Gasteiger charge is -2.25. The van der Waals surface area contributed by atoms with Crippen molar-refractivity contribution < 1.29 is 14.3 Å². The average molecular weight is 427 g/mol. The predicted molar refractivity (Wildman–Crippen MR) is 126 cm³/mol. The smallest absolute Gasteiger partial charge is 0.278 e. The van der Waals surface area contributed by atoms with Crippen molar-refractivity contribution in [1.29, 1.82) is 0 Å². The Kier molecular flexibility index (Phi) is 6.08. The van der Waals surface area contributed by atoms with Crippen molar-refractivity contribution in [2.45, 2.75) is 20.4 Å². The van der Waals surface area contributed by atoms with Crippen LogP contribution in [0.3, 0.4) is 0 Å². The maximum atomic E-state index is 13.6. The molecule has 1 aliphatic rings. The van der Waals surface area contributed by atoms with Crippen LogP contribution in [0.2, 0.25) is 0 Å². The summed E-state index contributed by atoms with van der Waals surface area (Å²) in [5, 5.41) is 0. The van der Waals surface area contributed by atoms with Crippen LogP contribution in [-0.4, -0.2) is 30.4 Å². The molecule has 0 aliphatic carbocycles. The van der Waals surface area contributed by atoms with Crippen molar-refractivity contribution in [3.8, 4) is 5.75 Å². The lowest BCUT2D eigenvalue weighted by Crippen LogP contribution is -2.34. The van der Waals surface area contributed by atoms with Crippen LogP contribution in [-0.2, 0) is 16.1 Å². The fourth-order valence-corrected chi connectivity index (χ4v) is 3.93. The van der Waals surface area contributed by atoms with E-state index in [0.29, 0.717) is 29.1 Å². The van der Waals surface area contributed by atoms with Crippen LogP contribution in [0.25, 0.3) is 5.57 Å². The fourth-order valence-electron chi connectivity index (χ4n) is 3.93. The number of para-hydroxylation sites is 1. The highest BCUT2D eigenvalue weighted by molar-refractivity contribution is 6.36. The van der Waals surface area contributed by atoms with E-state index in [1.54, 1.807) is 19.2 Å². The molecule has 0 saturated carbocycles. The summed E-state index contributed by atoms with van der Waals surface area (Å²) in [7, 11) is 1.60. The quantitative estimate of drug-likeness (QED) is 0.509. The molecule has 1 aliphatic heterocycles. The van der Waals surface area contributed by atoms with Gasteiger partial charge in [0.05, 0.1) is 19.2 Å². The van der Waals surface area contributed by atoms with Gasteiger partial charge in [-0.05, 0) is 49.2 Å². The predicted octanol–water partition coefficient (Wildman–Crippen LogP) is 4.81. The third kappa shape index (κ3) is 4.02. The number of rotatable bonds is 7. The molecule has 0 atom stereocenters. The Labute approximate surface area is 188 Å². The van der Waals surface area contributed by atoms with E-state index < -0.39 is 0 Å². The first-order valence-electron chi connectivity index (χ1n) is 10.7. The molecule has 162 valence electrons. The molecular weight excluding hydrogens is 400 g/mol. The van der Waals surface area contributed by atoms with E-state index in [4.69, 9.17) is 4.74 Å². The van der Waals surface area contributed by atoms with Crippen LogP contribution in [0.1, 0.15) is 23.6 Å². The van der Waals surface area contributed by atoms with E-state index in [0.717, 1.165) is 16.8 Å². The number of carbonyl (C=O) groups is 2. The van der Waals surface area contributed by atoms with Crippen LogP contribution in [0.4, 0.5) is 5.69 Å². The minimum absolute atomic E-state index is 0.230. The second-order valence-electron chi connectivity index (χ2n) is 7.71. The zero-order valence-corrected chi connectivity index (χ0v) is 18.5. The summed E-state index contributed by atoms with van der Waals surface area (Å²) < 4.78 is 5.27. The van der Waals surface area contributed by atoms with Crippen molar-refractivity contribution in [3.63, 3.8) is 0 Å². The Hall–Kier alpha value is -3.86. The third-order valence-corrected chi connectivity index (χ3v) is 5.64. The van der Waals surface area contributed by atoms with Gasteiger partial charge in [0, 0.05) is 12.2 Å². The largest absolute Gasteiger partial charge is 0.497 e. The number of nitrogens with zero attached hydrogens (tertiary/aromatic N) is 2. The summed E-state index contributed by atoms with van der Waals surface area (Å²) in [5.41, 5.74) is 4.42. The summed E-state index contributed by atoms with van der Waals surface area (Å²) in [5.74, 6) is 0.122. The summed E-state index contributed by atoms with van der Waals surface area (Å²) >= 11 is 0. The summed E-state index contributed by atoms with van der Waals surface area (Å²) in [6.07, 6.45) is 0. The number of carbonyl (C=O) groups excluding carboxylic acids is 2. The molecule has 0 saturated heterocycles. The molecule has 3 aromatic carbocycles. The van der Waals surface area contributed by atoms with Crippen molar-refractivity contribution in [1.82, 2.24) is 4.90 Å². The number of aryl methyl sites for hydroxylation is 1. The van der Waals surface area contributed by atoms with Gasteiger partial charge in [-0.3, -0.25) is 14.5 Å². The van der Waals surface area contributed by atoms with Gasteiger partial charge >= 0.3 is 0 Å². The second kappa shape index (κ2) is 9.10. The molecule has 0 N–H and O–H groups in total. The van der Waals surface area contributed by atoms with Gasteiger partial charge in [-0.1, -0.05) is 60.2 Å². The van der Waals surface area contributed by atoms with Crippen molar-refractivity contribution in [2.75, 3.05) is 18.6 Å². The number of anilines is 1. The van der Waals surface area contributed by atoms with E-state index >= 15 is 0 Å². The Bertz CT molecular complexity index is 1150. The topological polar surface area (TPSA) is 49.9 Å². The van der Waals surface area contributed by atoms with E-state index in [2.05, 4.69) is 0 Å². The molecule has 3 aromatic rings. The second-order valence-corrected chi connectivity index (χ2v) is 7.71. The minimum Gasteiger partial charge on any atom is -0.497 e. The summed E-state index contributed by atoms with van der Waals surface area (Å²) in [6, 6.07) is 24.8. The molecule has 32 heavy (non-hydrogen) atoms. The molecule has 0 unspecified atom stereocenters. The van der Waals surface area contributed by atoms with Gasteiger partial charge in [0.1, 0.15) is 11.4 Å². The van der Waals surface area contributed by atoms with Crippen LogP contribution in [0, 0.1) is 6.92 Å². The molecule has 0 radical (unpaired) electrons. The van der Waals surface area contributed by atoms with Gasteiger partial charge in [0.25, 0.3) is 11.8 Å². The maximum Gasteiger partial charge on any atom is 0.278 e. The lowest BCUT2D eigenvalue weighted by atomic mass is 10.0. The average Bonchev–Trinajstić information content (AvgIpc) is 3.06. The number of hydrogen-bond acceptors (Lipinski definition) is 4. The zero-order valence-electron chi connectivity index (χ0n) is 18.5. The first-order chi connectivity index (χ1) is 15.5. The molecular formula is C27H26N2O3. The Morgan fingerprint density at radius 2 is 1.50 bits per heavy atom. The fraction of sp³-hybridized carbons (Fsp3) is 0.185. The Balaban J connectivity index is 1.80. The SMILES string of the molecule is CCN(C1=C(c2ccc(OC)cc2)C(=O)N(Cc2ccc(C)cc2)C1=O)c1ccccc1. The van der Waals surface area contributed by atoms with Crippen molar-refractivity contribution in [3.05, 3.63) is 101 Å². The number of benzene rings is 3. The Morgan fingerprint density at radius 3 is 2.09 bits per heavy atom. The van der Waals surface area contributed by atoms with Gasteiger partial charge in [0.2, 0.25) is 0 Å². The standard InChI is InChI=1S/C27H26N2O3/c1-4-28(22-8-6-5-7-9-22)25-24(21-14-16-23(32-3)17-15-21)26(30)29(27(25)31)18-20-12-10-19(2)11-13-20/h5-17H,4,18H2,1-3H3. The van der Waals surface area contributed by atoms with Crippen LogP contribution in [0.5, 0.6) is 5.75 Å². The summed E-state index contributed by atoms with van der Waals surface area (Å²) in [4.78, 5) is 30.5.